The van der Waals surface area contributed by atoms with Gasteiger partial charge in [0.05, 0.1) is 0 Å². The highest BCUT2D eigenvalue weighted by molar-refractivity contribution is 7.99. The SMILES string of the molecule is CC1CCC(NC2CCCSC2)C(C)C1. The molecular formula is C13H25NS. The fourth-order valence-electron chi connectivity index (χ4n) is 3.09. The predicted octanol–water partition coefficient (Wildman–Crippen LogP) is 3.30. The molecule has 1 saturated carbocycles. The van der Waals surface area contributed by atoms with Gasteiger partial charge in [-0.15, -0.1) is 0 Å². The van der Waals surface area contributed by atoms with Gasteiger partial charge < -0.3 is 5.32 Å². The second-order valence-electron chi connectivity index (χ2n) is 5.58. The molecule has 2 aliphatic rings. The summed E-state index contributed by atoms with van der Waals surface area (Å²) < 4.78 is 0. The Morgan fingerprint density at radius 2 is 2.00 bits per heavy atom. The Morgan fingerprint density at radius 1 is 1.13 bits per heavy atom. The molecular weight excluding hydrogens is 202 g/mol. The quantitative estimate of drug-likeness (QED) is 0.777. The largest absolute Gasteiger partial charge is 0.310 e. The van der Waals surface area contributed by atoms with Crippen molar-refractivity contribution < 1.29 is 0 Å². The van der Waals surface area contributed by atoms with Gasteiger partial charge in [0.25, 0.3) is 0 Å². The molecule has 1 aliphatic heterocycles. The molecule has 1 saturated heterocycles. The highest BCUT2D eigenvalue weighted by Crippen LogP contribution is 2.29. The van der Waals surface area contributed by atoms with E-state index in [0.717, 1.165) is 23.9 Å². The van der Waals surface area contributed by atoms with Crippen LogP contribution >= 0.6 is 11.8 Å². The van der Waals surface area contributed by atoms with Gasteiger partial charge in [0.1, 0.15) is 0 Å². The second-order valence-corrected chi connectivity index (χ2v) is 6.73. The molecule has 0 amide bonds. The molecule has 0 bridgehead atoms. The summed E-state index contributed by atoms with van der Waals surface area (Å²) in [6.07, 6.45) is 7.09. The summed E-state index contributed by atoms with van der Waals surface area (Å²) >= 11 is 2.13. The van der Waals surface area contributed by atoms with Crippen molar-refractivity contribution in [1.82, 2.24) is 5.32 Å². The fraction of sp³-hybridized carbons (Fsp3) is 1.00. The molecule has 2 heteroatoms. The summed E-state index contributed by atoms with van der Waals surface area (Å²) in [6, 6.07) is 1.62. The first kappa shape index (κ1) is 11.8. The highest BCUT2D eigenvalue weighted by Gasteiger charge is 2.27. The van der Waals surface area contributed by atoms with E-state index >= 15 is 0 Å². The maximum Gasteiger partial charge on any atom is 0.0161 e. The molecule has 1 nitrogen and oxygen atoms in total. The molecule has 15 heavy (non-hydrogen) atoms. The van der Waals surface area contributed by atoms with Gasteiger partial charge in [-0.2, -0.15) is 11.8 Å². The highest BCUT2D eigenvalue weighted by atomic mass is 32.2. The van der Waals surface area contributed by atoms with Gasteiger partial charge in [-0.25, -0.2) is 0 Å². The van der Waals surface area contributed by atoms with Crippen LogP contribution in [0.1, 0.15) is 46.0 Å². The van der Waals surface area contributed by atoms with Gasteiger partial charge in [0.15, 0.2) is 0 Å². The molecule has 2 rings (SSSR count). The lowest BCUT2D eigenvalue weighted by Gasteiger charge is -2.37. The first-order valence-electron chi connectivity index (χ1n) is 6.59. The summed E-state index contributed by atoms with van der Waals surface area (Å²) in [5.74, 6) is 4.58. The standard InChI is InChI=1S/C13H25NS/c1-10-5-6-13(11(2)8-10)14-12-4-3-7-15-9-12/h10-14H,3-9H2,1-2H3. The minimum Gasteiger partial charge on any atom is -0.310 e. The van der Waals surface area contributed by atoms with Gasteiger partial charge in [-0.3, -0.25) is 0 Å². The molecule has 4 atom stereocenters. The molecule has 0 spiro atoms. The van der Waals surface area contributed by atoms with Gasteiger partial charge in [0, 0.05) is 17.8 Å². The van der Waals surface area contributed by atoms with Crippen molar-refractivity contribution in [2.24, 2.45) is 11.8 Å². The minimum absolute atomic E-state index is 0.810. The summed E-state index contributed by atoms with van der Waals surface area (Å²) in [5.41, 5.74) is 0. The van der Waals surface area contributed by atoms with Crippen LogP contribution in [0.2, 0.25) is 0 Å². The van der Waals surface area contributed by atoms with Gasteiger partial charge in [0.2, 0.25) is 0 Å². The van der Waals surface area contributed by atoms with Gasteiger partial charge in [-0.05, 0) is 49.7 Å². The number of thioether (sulfide) groups is 1. The topological polar surface area (TPSA) is 12.0 Å². The third-order valence-corrected chi connectivity index (χ3v) is 5.26. The van der Waals surface area contributed by atoms with E-state index in [0.29, 0.717) is 0 Å². The van der Waals surface area contributed by atoms with Crippen molar-refractivity contribution in [1.29, 1.82) is 0 Å². The maximum absolute atomic E-state index is 3.91. The Bertz CT molecular complexity index is 189. The van der Waals surface area contributed by atoms with Crippen molar-refractivity contribution in [3.8, 4) is 0 Å². The molecule has 1 aliphatic carbocycles. The summed E-state index contributed by atoms with van der Waals surface area (Å²) in [6.45, 7) is 4.84. The normalized spacial score (nSPS) is 42.8. The first-order valence-corrected chi connectivity index (χ1v) is 7.75. The zero-order valence-electron chi connectivity index (χ0n) is 10.2. The zero-order chi connectivity index (χ0) is 10.7. The number of rotatable bonds is 2. The van der Waals surface area contributed by atoms with E-state index in [4.69, 9.17) is 0 Å². The Hall–Kier alpha value is 0.310. The van der Waals surface area contributed by atoms with Crippen molar-refractivity contribution in [2.45, 2.75) is 58.0 Å². The fourth-order valence-corrected chi connectivity index (χ4v) is 4.17. The van der Waals surface area contributed by atoms with E-state index in [1.54, 1.807) is 0 Å². The van der Waals surface area contributed by atoms with Crippen molar-refractivity contribution in [3.05, 3.63) is 0 Å². The lowest BCUT2D eigenvalue weighted by atomic mass is 9.79. The van der Waals surface area contributed by atoms with E-state index in [1.165, 1.54) is 43.6 Å². The lowest BCUT2D eigenvalue weighted by molar-refractivity contribution is 0.214. The monoisotopic (exact) mass is 227 g/mol. The van der Waals surface area contributed by atoms with E-state index in [9.17, 15) is 0 Å². The van der Waals surface area contributed by atoms with Gasteiger partial charge in [-0.1, -0.05) is 13.8 Å². The summed E-state index contributed by atoms with van der Waals surface area (Å²) in [4.78, 5) is 0. The Kier molecular flexibility index (Phi) is 4.39. The van der Waals surface area contributed by atoms with Crippen LogP contribution in [0.15, 0.2) is 0 Å². The smallest absolute Gasteiger partial charge is 0.0161 e. The third-order valence-electron chi connectivity index (χ3n) is 4.04. The molecule has 1 N–H and O–H groups in total. The van der Waals surface area contributed by atoms with E-state index < -0.39 is 0 Å². The minimum atomic E-state index is 0.810. The molecule has 2 fully saturated rings. The first-order chi connectivity index (χ1) is 7.25. The van der Waals surface area contributed by atoms with Crippen LogP contribution in [0.25, 0.3) is 0 Å². The molecule has 4 unspecified atom stereocenters. The van der Waals surface area contributed by atoms with Crippen molar-refractivity contribution >= 4 is 11.8 Å². The number of hydrogen-bond acceptors (Lipinski definition) is 2. The van der Waals surface area contributed by atoms with Crippen LogP contribution < -0.4 is 5.32 Å². The van der Waals surface area contributed by atoms with E-state index in [-0.39, 0.29) is 0 Å². The number of nitrogens with one attached hydrogen (secondary N) is 1. The molecule has 88 valence electrons. The van der Waals surface area contributed by atoms with Crippen LogP contribution in [-0.2, 0) is 0 Å². The summed E-state index contributed by atoms with van der Waals surface area (Å²) in [5, 5.41) is 3.91. The van der Waals surface area contributed by atoms with Gasteiger partial charge >= 0.3 is 0 Å². The van der Waals surface area contributed by atoms with Crippen LogP contribution in [-0.4, -0.2) is 23.6 Å². The van der Waals surface area contributed by atoms with Crippen LogP contribution in [0.3, 0.4) is 0 Å². The molecule has 0 aromatic heterocycles. The molecule has 0 aromatic rings. The molecule has 1 heterocycles. The summed E-state index contributed by atoms with van der Waals surface area (Å²) in [7, 11) is 0. The third kappa shape index (κ3) is 3.39. The Labute approximate surface area is 98.8 Å². The van der Waals surface area contributed by atoms with E-state index in [1.807, 2.05) is 0 Å². The van der Waals surface area contributed by atoms with Crippen LogP contribution in [0, 0.1) is 11.8 Å². The Morgan fingerprint density at radius 3 is 2.67 bits per heavy atom. The zero-order valence-corrected chi connectivity index (χ0v) is 11.0. The van der Waals surface area contributed by atoms with Crippen molar-refractivity contribution in [3.63, 3.8) is 0 Å². The average Bonchev–Trinajstić information content (AvgIpc) is 2.24. The van der Waals surface area contributed by atoms with Crippen molar-refractivity contribution in [2.75, 3.05) is 11.5 Å². The maximum atomic E-state index is 3.91. The molecule has 0 radical (unpaired) electrons. The van der Waals surface area contributed by atoms with E-state index in [2.05, 4.69) is 30.9 Å². The molecule has 0 aromatic carbocycles. The van der Waals surface area contributed by atoms with Crippen LogP contribution in [0.5, 0.6) is 0 Å². The second kappa shape index (κ2) is 5.58. The Balaban J connectivity index is 1.77. The lowest BCUT2D eigenvalue weighted by Crippen LogP contribution is -2.46. The number of hydrogen-bond donors (Lipinski definition) is 1. The average molecular weight is 227 g/mol. The van der Waals surface area contributed by atoms with Crippen LogP contribution in [0.4, 0.5) is 0 Å². The predicted molar refractivity (Wildman–Crippen MR) is 69.4 cm³/mol.